The van der Waals surface area contributed by atoms with Crippen LogP contribution >= 0.6 is 23.5 Å². The maximum absolute atomic E-state index is 11.3. The number of rotatable bonds is 0. The Kier molecular flexibility index (Phi) is 5.20. The van der Waals surface area contributed by atoms with Crippen LogP contribution in [-0.4, -0.2) is 20.1 Å². The van der Waals surface area contributed by atoms with Gasteiger partial charge in [0.15, 0.2) is 0 Å². The molecule has 0 aliphatic heterocycles. The molecule has 0 bridgehead atoms. The molecule has 0 rings (SSSR count). The largest absolute Gasteiger partial charge is 0.376 e. The second-order valence-corrected chi connectivity index (χ2v) is 8.56. The minimum Gasteiger partial charge on any atom is -0.376 e. The van der Waals surface area contributed by atoms with Crippen molar-refractivity contribution < 1.29 is 14.3 Å². The van der Waals surface area contributed by atoms with E-state index in [-0.39, 0.29) is 9.49 Å². The average Bonchev–Trinajstić information content (AvgIpc) is 1.73. The molecule has 0 radical (unpaired) electrons. The molecule has 0 aliphatic carbocycles. The van der Waals surface area contributed by atoms with Crippen LogP contribution in [0.5, 0.6) is 0 Å². The molecule has 0 aromatic carbocycles. The summed E-state index contributed by atoms with van der Waals surface area (Å²) in [4.78, 5) is 22.5. The van der Waals surface area contributed by atoms with E-state index < -0.39 is 10.6 Å². The van der Waals surface area contributed by atoms with Crippen LogP contribution in [0.15, 0.2) is 0 Å². The standard InChI is InChI=1S/C10H18O3S2/c1-9(2,3)14-7(11)13-8(12)15-10(4,5)6/h1-6H3. The summed E-state index contributed by atoms with van der Waals surface area (Å²) in [6.45, 7) is 11.3. The Morgan fingerprint density at radius 3 is 1.27 bits per heavy atom. The molecular formula is C10H18O3S2. The van der Waals surface area contributed by atoms with Crippen LogP contribution in [0.2, 0.25) is 0 Å². The lowest BCUT2D eigenvalue weighted by atomic mass is 10.3. The summed E-state index contributed by atoms with van der Waals surface area (Å²) in [7, 11) is 0. The molecule has 0 heterocycles. The quantitative estimate of drug-likeness (QED) is 0.473. The summed E-state index contributed by atoms with van der Waals surface area (Å²) in [6.07, 6.45) is 0. The van der Waals surface area contributed by atoms with Crippen molar-refractivity contribution in [1.82, 2.24) is 0 Å². The molecule has 0 unspecified atom stereocenters. The Balaban J connectivity index is 4.04. The van der Waals surface area contributed by atoms with Crippen LogP contribution in [0.3, 0.4) is 0 Å². The average molecular weight is 250 g/mol. The highest BCUT2D eigenvalue weighted by molar-refractivity contribution is 8.16. The van der Waals surface area contributed by atoms with Crippen molar-refractivity contribution in [1.29, 1.82) is 0 Å². The van der Waals surface area contributed by atoms with Crippen molar-refractivity contribution in [2.75, 3.05) is 0 Å². The molecule has 0 aliphatic rings. The van der Waals surface area contributed by atoms with Crippen LogP contribution in [0.25, 0.3) is 0 Å². The third kappa shape index (κ3) is 10.1. The third-order valence-electron chi connectivity index (χ3n) is 0.946. The fourth-order valence-electron chi connectivity index (χ4n) is 0.610. The predicted octanol–water partition coefficient (Wildman–Crippen LogP) is 4.31. The molecule has 0 saturated heterocycles. The summed E-state index contributed by atoms with van der Waals surface area (Å²) in [5.74, 6) is 0. The van der Waals surface area contributed by atoms with Crippen molar-refractivity contribution in [3.63, 3.8) is 0 Å². The zero-order valence-electron chi connectivity index (χ0n) is 10.0. The van der Waals surface area contributed by atoms with Gasteiger partial charge >= 0.3 is 10.6 Å². The highest BCUT2D eigenvalue weighted by Crippen LogP contribution is 2.29. The van der Waals surface area contributed by atoms with Crippen molar-refractivity contribution in [2.45, 2.75) is 51.0 Å². The van der Waals surface area contributed by atoms with Gasteiger partial charge in [0, 0.05) is 9.49 Å². The summed E-state index contributed by atoms with van der Waals surface area (Å²) >= 11 is 2.03. The normalized spacial score (nSPS) is 12.4. The molecule has 0 spiro atoms. The van der Waals surface area contributed by atoms with Crippen molar-refractivity contribution >= 4 is 34.1 Å². The van der Waals surface area contributed by atoms with E-state index in [0.717, 1.165) is 23.5 Å². The zero-order chi connectivity index (χ0) is 12.3. The van der Waals surface area contributed by atoms with E-state index in [1.165, 1.54) is 0 Å². The van der Waals surface area contributed by atoms with Gasteiger partial charge in [0.2, 0.25) is 0 Å². The first kappa shape index (κ1) is 14.8. The lowest BCUT2D eigenvalue weighted by Gasteiger charge is -2.17. The Bertz CT molecular complexity index is 222. The fourth-order valence-corrected chi connectivity index (χ4v) is 1.90. The number of hydrogen-bond donors (Lipinski definition) is 0. The lowest BCUT2D eigenvalue weighted by molar-refractivity contribution is 0.186. The van der Waals surface area contributed by atoms with Crippen molar-refractivity contribution in [3.8, 4) is 0 Å². The number of carbonyl (C=O) groups is 2. The first-order valence-corrected chi connectivity index (χ1v) is 6.27. The van der Waals surface area contributed by atoms with E-state index in [1.54, 1.807) is 0 Å². The van der Waals surface area contributed by atoms with Crippen LogP contribution in [0, 0.1) is 0 Å². The van der Waals surface area contributed by atoms with E-state index in [2.05, 4.69) is 4.74 Å². The van der Waals surface area contributed by atoms with E-state index in [0.29, 0.717) is 0 Å². The third-order valence-corrected chi connectivity index (χ3v) is 2.67. The molecule has 15 heavy (non-hydrogen) atoms. The Hall–Kier alpha value is -0.160. The van der Waals surface area contributed by atoms with Crippen molar-refractivity contribution in [3.05, 3.63) is 0 Å². The minimum absolute atomic E-state index is 0.232. The molecule has 0 amide bonds. The van der Waals surface area contributed by atoms with Gasteiger partial charge < -0.3 is 4.74 Å². The van der Waals surface area contributed by atoms with Gasteiger partial charge in [-0.3, -0.25) is 0 Å². The van der Waals surface area contributed by atoms with Crippen molar-refractivity contribution in [2.24, 2.45) is 0 Å². The van der Waals surface area contributed by atoms with E-state index >= 15 is 0 Å². The zero-order valence-corrected chi connectivity index (χ0v) is 11.7. The topological polar surface area (TPSA) is 43.4 Å². The van der Waals surface area contributed by atoms with Crippen LogP contribution in [0.4, 0.5) is 9.59 Å². The molecule has 0 aromatic heterocycles. The second kappa shape index (κ2) is 5.25. The molecule has 0 N–H and O–H groups in total. The summed E-state index contributed by atoms with van der Waals surface area (Å²) < 4.78 is 4.19. The van der Waals surface area contributed by atoms with Gasteiger partial charge in [-0.1, -0.05) is 41.5 Å². The second-order valence-electron chi connectivity index (χ2n) is 5.03. The lowest BCUT2D eigenvalue weighted by Crippen LogP contribution is -2.17. The number of thioether (sulfide) groups is 2. The SMILES string of the molecule is CC(C)(C)SC(=O)OC(=O)SC(C)(C)C. The molecule has 0 atom stereocenters. The van der Waals surface area contributed by atoms with Gasteiger partial charge in [0.1, 0.15) is 0 Å². The molecule has 88 valence electrons. The molecular weight excluding hydrogens is 232 g/mol. The fraction of sp³-hybridized carbons (Fsp3) is 0.800. The minimum atomic E-state index is -0.538. The molecule has 5 heteroatoms. The number of carbonyl (C=O) groups excluding carboxylic acids is 2. The van der Waals surface area contributed by atoms with Gasteiger partial charge in [-0.05, 0) is 23.5 Å². The van der Waals surface area contributed by atoms with Crippen LogP contribution in [-0.2, 0) is 4.74 Å². The van der Waals surface area contributed by atoms with E-state index in [9.17, 15) is 9.59 Å². The summed E-state index contributed by atoms with van der Waals surface area (Å²) in [5, 5.41) is -1.08. The summed E-state index contributed by atoms with van der Waals surface area (Å²) in [6, 6.07) is 0. The molecule has 3 nitrogen and oxygen atoms in total. The maximum Gasteiger partial charge on any atom is 0.376 e. The maximum atomic E-state index is 11.3. The highest BCUT2D eigenvalue weighted by atomic mass is 32.2. The molecule has 0 aromatic rings. The van der Waals surface area contributed by atoms with Gasteiger partial charge in [0.25, 0.3) is 0 Å². The Labute approximate surface area is 99.7 Å². The van der Waals surface area contributed by atoms with Gasteiger partial charge in [0.05, 0.1) is 0 Å². The van der Waals surface area contributed by atoms with Gasteiger partial charge in [-0.2, -0.15) is 0 Å². The molecule has 0 fully saturated rings. The predicted molar refractivity (Wildman–Crippen MR) is 66.6 cm³/mol. The van der Waals surface area contributed by atoms with Gasteiger partial charge in [-0.25, -0.2) is 9.59 Å². The Morgan fingerprint density at radius 1 is 0.800 bits per heavy atom. The first-order valence-electron chi connectivity index (χ1n) is 4.63. The smallest absolute Gasteiger partial charge is 0.376 e. The van der Waals surface area contributed by atoms with E-state index in [4.69, 9.17) is 0 Å². The monoisotopic (exact) mass is 250 g/mol. The first-order chi connectivity index (χ1) is 6.49. The molecule has 0 saturated carbocycles. The number of ether oxygens (including phenoxy) is 1. The van der Waals surface area contributed by atoms with Gasteiger partial charge in [-0.15, -0.1) is 0 Å². The van der Waals surface area contributed by atoms with E-state index in [1.807, 2.05) is 41.5 Å². The number of hydrogen-bond acceptors (Lipinski definition) is 5. The highest BCUT2D eigenvalue weighted by Gasteiger charge is 2.24. The van der Waals surface area contributed by atoms with Crippen LogP contribution < -0.4 is 0 Å². The Morgan fingerprint density at radius 2 is 1.07 bits per heavy atom. The van der Waals surface area contributed by atoms with Crippen LogP contribution in [0.1, 0.15) is 41.5 Å². The summed E-state index contributed by atoms with van der Waals surface area (Å²) in [5.41, 5.74) is 0.